The maximum atomic E-state index is 10.1. The lowest BCUT2D eigenvalue weighted by Gasteiger charge is -2.39. The van der Waals surface area contributed by atoms with Crippen LogP contribution in [0.4, 0.5) is 5.69 Å². The van der Waals surface area contributed by atoms with E-state index in [4.69, 9.17) is 0 Å². The van der Waals surface area contributed by atoms with Crippen LogP contribution in [0.2, 0.25) is 0 Å². The molecule has 2 aromatic rings. The summed E-state index contributed by atoms with van der Waals surface area (Å²) in [5.41, 5.74) is 2.14. The van der Waals surface area contributed by atoms with E-state index in [1.54, 1.807) is 0 Å². The third-order valence-electron chi connectivity index (χ3n) is 4.13. The Hall–Kier alpha value is -1.51. The van der Waals surface area contributed by atoms with Crippen molar-refractivity contribution in [2.75, 3.05) is 18.1 Å². The highest BCUT2D eigenvalue weighted by atomic mass is 35.5. The van der Waals surface area contributed by atoms with Gasteiger partial charge in [-0.2, -0.15) is 0 Å². The molecule has 1 N–H and O–H groups in total. The molecule has 2 aromatic carbocycles. The number of benzene rings is 2. The molecule has 1 saturated heterocycles. The van der Waals surface area contributed by atoms with Gasteiger partial charge in [-0.3, -0.25) is 0 Å². The van der Waals surface area contributed by atoms with E-state index in [-0.39, 0.29) is 24.6 Å². The molecule has 106 valence electrons. The molecule has 0 bridgehead atoms. The maximum absolute atomic E-state index is 10.1. The highest BCUT2D eigenvalue weighted by Crippen LogP contribution is 2.41. The Morgan fingerprint density at radius 2 is 1.55 bits per heavy atom. The van der Waals surface area contributed by atoms with E-state index in [9.17, 15) is 5.11 Å². The minimum absolute atomic E-state index is 0. The van der Waals surface area contributed by atoms with Crippen LogP contribution in [-0.4, -0.2) is 18.3 Å². The molecule has 1 atom stereocenters. The summed E-state index contributed by atoms with van der Waals surface area (Å²) in [5.74, 6) is 0. The summed E-state index contributed by atoms with van der Waals surface area (Å²) >= 11 is 0. The second kappa shape index (κ2) is 6.29. The lowest BCUT2D eigenvalue weighted by Crippen LogP contribution is -2.44. The predicted octanol–water partition coefficient (Wildman–Crippen LogP) is 3.60. The Balaban J connectivity index is 0.00000147. The summed E-state index contributed by atoms with van der Waals surface area (Å²) in [4.78, 5) is 2.35. The average Bonchev–Trinajstić information content (AvgIpc) is 2.94. The Morgan fingerprint density at radius 3 is 2.15 bits per heavy atom. The first-order valence-corrected chi connectivity index (χ1v) is 6.86. The summed E-state index contributed by atoms with van der Waals surface area (Å²) in [7, 11) is 0. The van der Waals surface area contributed by atoms with E-state index < -0.39 is 0 Å². The van der Waals surface area contributed by atoms with E-state index in [0.717, 1.165) is 19.4 Å². The molecule has 3 rings (SSSR count). The minimum atomic E-state index is -0.261. The lowest BCUT2D eigenvalue weighted by atomic mass is 9.87. The van der Waals surface area contributed by atoms with Crippen LogP contribution in [0.25, 0.3) is 0 Å². The van der Waals surface area contributed by atoms with Crippen molar-refractivity contribution in [1.82, 2.24) is 0 Å². The van der Waals surface area contributed by atoms with Gasteiger partial charge >= 0.3 is 0 Å². The summed E-state index contributed by atoms with van der Waals surface area (Å²) < 4.78 is 0. The number of aliphatic hydroxyl groups excluding tert-OH is 1. The molecule has 1 fully saturated rings. The van der Waals surface area contributed by atoms with Gasteiger partial charge in [0, 0.05) is 12.2 Å². The topological polar surface area (TPSA) is 23.5 Å². The van der Waals surface area contributed by atoms with Gasteiger partial charge < -0.3 is 10.0 Å². The summed E-state index contributed by atoms with van der Waals surface area (Å²) in [5, 5.41) is 10.1. The molecule has 0 unspecified atom stereocenters. The van der Waals surface area contributed by atoms with Gasteiger partial charge in [-0.25, -0.2) is 0 Å². The highest BCUT2D eigenvalue weighted by Gasteiger charge is 2.41. The summed E-state index contributed by atoms with van der Waals surface area (Å²) in [6.07, 6.45) is 2.12. The first-order valence-electron chi connectivity index (χ1n) is 6.86. The van der Waals surface area contributed by atoms with E-state index >= 15 is 0 Å². The van der Waals surface area contributed by atoms with Crippen LogP contribution in [-0.2, 0) is 5.54 Å². The normalized spacial score (nSPS) is 21.6. The Bertz CT molecular complexity index is 531. The van der Waals surface area contributed by atoms with Gasteiger partial charge in [0.25, 0.3) is 0 Å². The van der Waals surface area contributed by atoms with Gasteiger partial charge in [0.15, 0.2) is 0 Å². The zero-order valence-electron chi connectivity index (χ0n) is 11.4. The van der Waals surface area contributed by atoms with Crippen molar-refractivity contribution in [2.24, 2.45) is 0 Å². The summed E-state index contributed by atoms with van der Waals surface area (Å²) in [6.45, 7) is 1.16. The molecular formula is C17H20ClNO. The monoisotopic (exact) mass is 289 g/mol. The molecule has 1 aliphatic rings. The zero-order chi connectivity index (χ0) is 13.1. The fourth-order valence-electron chi connectivity index (χ4n) is 3.17. The molecule has 2 nitrogen and oxygen atoms in total. The van der Waals surface area contributed by atoms with E-state index in [0.29, 0.717) is 0 Å². The van der Waals surface area contributed by atoms with E-state index in [1.807, 2.05) is 24.3 Å². The number of anilines is 1. The van der Waals surface area contributed by atoms with Crippen molar-refractivity contribution in [3.8, 4) is 0 Å². The Labute approximate surface area is 126 Å². The van der Waals surface area contributed by atoms with Crippen LogP contribution < -0.4 is 4.90 Å². The van der Waals surface area contributed by atoms with Crippen molar-refractivity contribution in [1.29, 1.82) is 0 Å². The number of halogens is 1. The van der Waals surface area contributed by atoms with Gasteiger partial charge in [0.2, 0.25) is 0 Å². The quantitative estimate of drug-likeness (QED) is 0.933. The fraction of sp³-hybridized carbons (Fsp3) is 0.294. The van der Waals surface area contributed by atoms with Crippen molar-refractivity contribution in [3.63, 3.8) is 0 Å². The van der Waals surface area contributed by atoms with Crippen LogP contribution in [0.15, 0.2) is 60.7 Å². The zero-order valence-corrected chi connectivity index (χ0v) is 12.2. The molecular weight excluding hydrogens is 270 g/mol. The number of para-hydroxylation sites is 1. The smallest absolute Gasteiger partial charge is 0.0884 e. The number of nitrogens with zero attached hydrogens (tertiary/aromatic N) is 1. The van der Waals surface area contributed by atoms with Crippen LogP contribution in [0.3, 0.4) is 0 Å². The van der Waals surface area contributed by atoms with Gasteiger partial charge in [-0.05, 0) is 30.5 Å². The van der Waals surface area contributed by atoms with Crippen molar-refractivity contribution in [3.05, 3.63) is 66.2 Å². The van der Waals surface area contributed by atoms with Crippen LogP contribution in [0.1, 0.15) is 18.4 Å². The number of hydrogen-bond acceptors (Lipinski definition) is 2. The fourth-order valence-corrected chi connectivity index (χ4v) is 3.17. The molecule has 1 aliphatic heterocycles. The second-order valence-corrected chi connectivity index (χ2v) is 5.15. The molecule has 0 radical (unpaired) electrons. The molecule has 0 amide bonds. The Morgan fingerprint density at radius 1 is 0.950 bits per heavy atom. The number of aliphatic hydroxyl groups is 1. The molecule has 20 heavy (non-hydrogen) atoms. The van der Waals surface area contributed by atoms with Gasteiger partial charge in [0.1, 0.15) is 0 Å². The summed E-state index contributed by atoms with van der Waals surface area (Å²) in [6, 6.07) is 20.8. The van der Waals surface area contributed by atoms with Gasteiger partial charge in [-0.15, -0.1) is 12.4 Å². The van der Waals surface area contributed by atoms with Crippen LogP contribution >= 0.6 is 12.4 Å². The lowest BCUT2D eigenvalue weighted by molar-refractivity contribution is 0.198. The molecule has 3 heteroatoms. The third-order valence-corrected chi connectivity index (χ3v) is 4.13. The minimum Gasteiger partial charge on any atom is -0.394 e. The first kappa shape index (κ1) is 14.9. The van der Waals surface area contributed by atoms with Crippen molar-refractivity contribution >= 4 is 18.1 Å². The van der Waals surface area contributed by atoms with E-state index in [1.165, 1.54) is 11.3 Å². The highest BCUT2D eigenvalue weighted by molar-refractivity contribution is 5.85. The number of rotatable bonds is 3. The largest absolute Gasteiger partial charge is 0.394 e. The first-order chi connectivity index (χ1) is 9.37. The molecule has 0 aromatic heterocycles. The third kappa shape index (κ3) is 2.41. The van der Waals surface area contributed by atoms with Crippen LogP contribution in [0, 0.1) is 0 Å². The van der Waals surface area contributed by atoms with Crippen molar-refractivity contribution in [2.45, 2.75) is 18.4 Å². The molecule has 0 spiro atoms. The molecule has 0 saturated carbocycles. The average molecular weight is 290 g/mol. The maximum Gasteiger partial charge on any atom is 0.0884 e. The van der Waals surface area contributed by atoms with E-state index in [2.05, 4.69) is 41.3 Å². The van der Waals surface area contributed by atoms with Gasteiger partial charge in [0.05, 0.1) is 12.1 Å². The molecule has 1 heterocycles. The SMILES string of the molecule is Cl.OC[C@]1(c2ccccc2)CCCN1c1ccccc1. The van der Waals surface area contributed by atoms with Crippen LogP contribution in [0.5, 0.6) is 0 Å². The van der Waals surface area contributed by atoms with Crippen molar-refractivity contribution < 1.29 is 5.11 Å². The predicted molar refractivity (Wildman–Crippen MR) is 85.5 cm³/mol. The molecule has 0 aliphatic carbocycles. The Kier molecular flexibility index (Phi) is 4.69. The second-order valence-electron chi connectivity index (χ2n) is 5.15. The number of hydrogen-bond donors (Lipinski definition) is 1. The standard InChI is InChI=1S/C17H19NO.ClH/c19-14-17(15-8-3-1-4-9-15)12-7-13-18(17)16-10-5-2-6-11-16;/h1-6,8-11,19H,7,12-14H2;1H/t17-;/m0./s1. The van der Waals surface area contributed by atoms with Gasteiger partial charge in [-0.1, -0.05) is 48.5 Å².